The van der Waals surface area contributed by atoms with Crippen LogP contribution in [0.3, 0.4) is 0 Å². The lowest BCUT2D eigenvalue weighted by Crippen LogP contribution is -1.99. The Hall–Kier alpha value is -3.42. The molecule has 8 heteroatoms. The summed E-state index contributed by atoms with van der Waals surface area (Å²) in [5, 5.41) is 18.6. The summed E-state index contributed by atoms with van der Waals surface area (Å²) in [5.74, 6) is 2.25. The second-order valence-electron chi connectivity index (χ2n) is 6.64. The molecule has 6 nitrogen and oxygen atoms in total. The van der Waals surface area contributed by atoms with Crippen molar-refractivity contribution in [3.63, 3.8) is 0 Å². The second kappa shape index (κ2) is 8.75. The molecule has 0 bridgehead atoms. The smallest absolute Gasteiger partial charge is 0.247 e. The summed E-state index contributed by atoms with van der Waals surface area (Å²) in [7, 11) is 0. The molecule has 31 heavy (non-hydrogen) atoms. The zero-order valence-corrected chi connectivity index (χ0v) is 17.8. The highest BCUT2D eigenvalue weighted by atomic mass is 35.5. The van der Waals surface area contributed by atoms with Gasteiger partial charge in [0.2, 0.25) is 11.8 Å². The van der Waals surface area contributed by atoms with Gasteiger partial charge in [0.05, 0.1) is 5.75 Å². The molecule has 0 aliphatic rings. The maximum absolute atomic E-state index is 6.09. The van der Waals surface area contributed by atoms with Crippen LogP contribution < -0.4 is 0 Å². The van der Waals surface area contributed by atoms with Crippen LogP contribution in [0, 0.1) is 0 Å². The van der Waals surface area contributed by atoms with Crippen molar-refractivity contribution in [3.05, 3.63) is 95.8 Å². The Kier molecular flexibility index (Phi) is 5.52. The first-order chi connectivity index (χ1) is 15.3. The number of benzene rings is 3. The number of hydrogen-bond donors (Lipinski definition) is 0. The average molecular weight is 446 g/mol. The lowest BCUT2D eigenvalue weighted by molar-refractivity contribution is 0.528. The van der Waals surface area contributed by atoms with Gasteiger partial charge in [0.25, 0.3) is 0 Å². The first kappa shape index (κ1) is 19.5. The molecular formula is C23H16ClN5OS. The van der Waals surface area contributed by atoms with E-state index in [0.29, 0.717) is 22.6 Å². The Morgan fingerprint density at radius 2 is 1.42 bits per heavy atom. The van der Waals surface area contributed by atoms with Gasteiger partial charge in [-0.25, -0.2) is 0 Å². The molecule has 0 radical (unpaired) electrons. The number of rotatable bonds is 6. The highest BCUT2D eigenvalue weighted by Crippen LogP contribution is 2.30. The van der Waals surface area contributed by atoms with Gasteiger partial charge in [0.15, 0.2) is 11.0 Å². The van der Waals surface area contributed by atoms with Crippen LogP contribution >= 0.6 is 23.4 Å². The fourth-order valence-electron chi connectivity index (χ4n) is 3.10. The van der Waals surface area contributed by atoms with Gasteiger partial charge >= 0.3 is 0 Å². The summed E-state index contributed by atoms with van der Waals surface area (Å²) in [6, 6.07) is 27.2. The fraction of sp³-hybridized carbons (Fsp3) is 0.0435. The van der Waals surface area contributed by atoms with Crippen molar-refractivity contribution in [2.24, 2.45) is 0 Å². The molecule has 0 fully saturated rings. The molecule has 0 spiro atoms. The van der Waals surface area contributed by atoms with Crippen molar-refractivity contribution >= 4 is 23.4 Å². The quantitative estimate of drug-likeness (QED) is 0.302. The molecule has 2 heterocycles. The Morgan fingerprint density at radius 1 is 0.742 bits per heavy atom. The van der Waals surface area contributed by atoms with Gasteiger partial charge in [0.1, 0.15) is 0 Å². The molecule has 5 aromatic rings. The van der Waals surface area contributed by atoms with Gasteiger partial charge < -0.3 is 4.42 Å². The van der Waals surface area contributed by atoms with Gasteiger partial charge in [-0.2, -0.15) is 0 Å². The molecule has 0 unspecified atom stereocenters. The Balaban J connectivity index is 1.45. The average Bonchev–Trinajstić information content (AvgIpc) is 3.47. The van der Waals surface area contributed by atoms with E-state index in [1.165, 1.54) is 11.8 Å². The zero-order valence-electron chi connectivity index (χ0n) is 16.2. The number of halogens is 1. The van der Waals surface area contributed by atoms with Crippen molar-refractivity contribution in [1.29, 1.82) is 0 Å². The van der Waals surface area contributed by atoms with Crippen molar-refractivity contribution in [3.8, 4) is 28.5 Å². The first-order valence-corrected chi connectivity index (χ1v) is 10.9. The number of hydrogen-bond acceptors (Lipinski definition) is 6. The van der Waals surface area contributed by atoms with Crippen molar-refractivity contribution in [2.45, 2.75) is 10.9 Å². The number of thioether (sulfide) groups is 1. The van der Waals surface area contributed by atoms with Gasteiger partial charge in [-0.3, -0.25) is 4.57 Å². The summed E-state index contributed by atoms with van der Waals surface area (Å²) in [5.41, 5.74) is 2.79. The van der Waals surface area contributed by atoms with E-state index < -0.39 is 0 Å². The second-order valence-corrected chi connectivity index (χ2v) is 8.02. The van der Waals surface area contributed by atoms with Gasteiger partial charge in [-0.1, -0.05) is 71.9 Å². The van der Waals surface area contributed by atoms with Gasteiger partial charge in [-0.05, 0) is 36.4 Å². The van der Waals surface area contributed by atoms with Gasteiger partial charge in [0, 0.05) is 21.8 Å². The Labute approximate surface area is 187 Å². The topological polar surface area (TPSA) is 69.6 Å². The van der Waals surface area contributed by atoms with Crippen molar-refractivity contribution in [2.75, 3.05) is 0 Å². The lowest BCUT2D eigenvalue weighted by Gasteiger charge is -2.10. The van der Waals surface area contributed by atoms with Crippen LogP contribution in [0.15, 0.2) is 94.5 Å². The largest absolute Gasteiger partial charge is 0.420 e. The van der Waals surface area contributed by atoms with Crippen LogP contribution in [-0.2, 0) is 5.75 Å². The summed E-state index contributed by atoms with van der Waals surface area (Å²) in [6.07, 6.45) is 0. The summed E-state index contributed by atoms with van der Waals surface area (Å²) in [6.45, 7) is 0. The minimum atomic E-state index is 0.473. The van der Waals surface area contributed by atoms with E-state index >= 15 is 0 Å². The molecule has 0 saturated carbocycles. The third kappa shape index (κ3) is 4.23. The summed E-state index contributed by atoms with van der Waals surface area (Å²) in [4.78, 5) is 0. The van der Waals surface area contributed by atoms with Crippen LogP contribution in [0.5, 0.6) is 0 Å². The van der Waals surface area contributed by atoms with E-state index in [0.717, 1.165) is 27.8 Å². The third-order valence-electron chi connectivity index (χ3n) is 4.56. The highest BCUT2D eigenvalue weighted by Gasteiger charge is 2.17. The SMILES string of the molecule is Clc1ccc(-n2c(SCc3nnc(-c4ccccc4)o3)nnc2-c2ccccc2)cc1. The molecule has 0 saturated heterocycles. The molecule has 0 N–H and O–H groups in total. The van der Waals surface area contributed by atoms with E-state index in [-0.39, 0.29) is 0 Å². The Morgan fingerprint density at radius 3 is 2.13 bits per heavy atom. The van der Waals surface area contributed by atoms with Crippen LogP contribution in [0.2, 0.25) is 5.02 Å². The molecule has 152 valence electrons. The lowest BCUT2D eigenvalue weighted by atomic mass is 10.2. The van der Waals surface area contributed by atoms with Crippen molar-refractivity contribution < 1.29 is 4.42 Å². The predicted molar refractivity (Wildman–Crippen MR) is 121 cm³/mol. The molecule has 0 amide bonds. The molecule has 0 aliphatic carbocycles. The number of aromatic nitrogens is 5. The molecule has 3 aromatic carbocycles. The summed E-state index contributed by atoms with van der Waals surface area (Å²) >= 11 is 7.57. The normalized spacial score (nSPS) is 11.0. The van der Waals surface area contributed by atoms with E-state index in [2.05, 4.69) is 20.4 Å². The van der Waals surface area contributed by atoms with E-state index in [9.17, 15) is 0 Å². The van der Waals surface area contributed by atoms with E-state index in [1.54, 1.807) is 0 Å². The maximum Gasteiger partial charge on any atom is 0.247 e. The van der Waals surface area contributed by atoms with E-state index in [1.807, 2.05) is 89.5 Å². The fourth-order valence-corrected chi connectivity index (χ4v) is 4.01. The Bertz CT molecular complexity index is 1290. The predicted octanol–water partition coefficient (Wildman–Crippen LogP) is 5.93. The van der Waals surface area contributed by atoms with E-state index in [4.69, 9.17) is 16.0 Å². The molecular weight excluding hydrogens is 430 g/mol. The van der Waals surface area contributed by atoms with Crippen molar-refractivity contribution in [1.82, 2.24) is 25.0 Å². The third-order valence-corrected chi connectivity index (χ3v) is 5.73. The minimum absolute atomic E-state index is 0.473. The highest BCUT2D eigenvalue weighted by molar-refractivity contribution is 7.98. The minimum Gasteiger partial charge on any atom is -0.420 e. The van der Waals surface area contributed by atoms with Crippen LogP contribution in [0.4, 0.5) is 0 Å². The van der Waals surface area contributed by atoms with Crippen LogP contribution in [-0.4, -0.2) is 25.0 Å². The zero-order chi connectivity index (χ0) is 21.0. The monoisotopic (exact) mass is 445 g/mol. The molecule has 5 rings (SSSR count). The van der Waals surface area contributed by atoms with Crippen LogP contribution in [0.25, 0.3) is 28.5 Å². The molecule has 0 atom stereocenters. The summed E-state index contributed by atoms with van der Waals surface area (Å²) < 4.78 is 7.83. The first-order valence-electron chi connectivity index (χ1n) is 9.55. The van der Waals surface area contributed by atoms with Gasteiger partial charge in [-0.15, -0.1) is 20.4 Å². The number of nitrogens with zero attached hydrogens (tertiary/aromatic N) is 5. The standard InChI is InChI=1S/C23H16ClN5OS/c24-18-11-13-19(14-12-18)29-21(16-7-3-1-4-8-16)26-28-23(29)31-15-20-25-27-22(30-20)17-9-5-2-6-10-17/h1-14H,15H2. The maximum atomic E-state index is 6.09. The molecule has 0 aliphatic heterocycles. The molecule has 2 aromatic heterocycles. The van der Waals surface area contributed by atoms with Crippen LogP contribution in [0.1, 0.15) is 5.89 Å².